The highest BCUT2D eigenvalue weighted by atomic mass is 35.5. The topological polar surface area (TPSA) is 116 Å². The maximum absolute atomic E-state index is 14.1. The Bertz CT molecular complexity index is 1780. The summed E-state index contributed by atoms with van der Waals surface area (Å²) >= 11 is 6.24. The highest BCUT2D eigenvalue weighted by Gasteiger charge is 2.22. The number of aromatic nitrogens is 4. The predicted octanol–water partition coefficient (Wildman–Crippen LogP) is 4.07. The number of pyridine rings is 2. The number of nitriles is 1. The van der Waals surface area contributed by atoms with Gasteiger partial charge in [0.25, 0.3) is 0 Å². The third-order valence-corrected chi connectivity index (χ3v) is 5.82. The van der Waals surface area contributed by atoms with Gasteiger partial charge in [0.15, 0.2) is 11.6 Å². The maximum atomic E-state index is 14.1. The van der Waals surface area contributed by atoms with Gasteiger partial charge < -0.3 is 9.15 Å². The lowest BCUT2D eigenvalue weighted by Gasteiger charge is -2.11. The molecule has 0 aliphatic heterocycles. The van der Waals surface area contributed by atoms with E-state index in [1.807, 2.05) is 6.07 Å². The van der Waals surface area contributed by atoms with Crippen LogP contribution in [0.1, 0.15) is 6.42 Å². The molecular weight excluding hydrogens is 477 g/mol. The molecule has 4 aromatic heterocycles. The lowest BCUT2D eigenvalue weighted by atomic mass is 10.1. The smallest absolute Gasteiger partial charge is 0.336 e. The van der Waals surface area contributed by atoms with E-state index in [4.69, 9.17) is 26.0 Å². The number of nitrogens with zero attached hydrogens (tertiary/aromatic N) is 5. The molecule has 0 aliphatic carbocycles. The number of fused-ring (bicyclic) bond motifs is 2. The summed E-state index contributed by atoms with van der Waals surface area (Å²) in [6, 6.07) is 9.33. The van der Waals surface area contributed by atoms with E-state index in [2.05, 4.69) is 9.97 Å². The minimum Gasteiger partial charge on any atom is -0.494 e. The molecule has 4 heterocycles. The van der Waals surface area contributed by atoms with Gasteiger partial charge in [-0.2, -0.15) is 5.26 Å². The average molecular weight is 492 g/mol. The lowest BCUT2D eigenvalue weighted by Crippen LogP contribution is -2.38. The second-order valence-corrected chi connectivity index (χ2v) is 7.92. The van der Waals surface area contributed by atoms with Gasteiger partial charge in [-0.1, -0.05) is 11.6 Å². The first-order valence-corrected chi connectivity index (χ1v) is 10.7. The summed E-state index contributed by atoms with van der Waals surface area (Å²) in [6.45, 7) is -0.00280. The van der Waals surface area contributed by atoms with Crippen LogP contribution in [-0.2, 0) is 6.54 Å². The molecule has 0 amide bonds. The Morgan fingerprint density at radius 3 is 2.86 bits per heavy atom. The third kappa shape index (κ3) is 3.62. The second-order valence-electron chi connectivity index (χ2n) is 7.51. The van der Waals surface area contributed by atoms with Crippen LogP contribution in [0.2, 0.25) is 5.02 Å². The predicted molar refractivity (Wildman–Crippen MR) is 126 cm³/mol. The van der Waals surface area contributed by atoms with Crippen LogP contribution in [0.25, 0.3) is 39.0 Å². The Kier molecular flexibility index (Phi) is 5.55. The van der Waals surface area contributed by atoms with Crippen molar-refractivity contribution < 1.29 is 13.5 Å². The Balaban J connectivity index is 1.85. The summed E-state index contributed by atoms with van der Waals surface area (Å²) in [6.07, 6.45) is 4.48. The van der Waals surface area contributed by atoms with Crippen LogP contribution in [-0.4, -0.2) is 26.2 Å². The fourth-order valence-corrected chi connectivity index (χ4v) is 4.14. The van der Waals surface area contributed by atoms with Gasteiger partial charge in [-0.3, -0.25) is 19.3 Å². The van der Waals surface area contributed by atoms with Crippen molar-refractivity contribution in [2.24, 2.45) is 0 Å². The van der Waals surface area contributed by atoms with E-state index in [-0.39, 0.29) is 51.8 Å². The van der Waals surface area contributed by atoms with Gasteiger partial charge in [0.1, 0.15) is 5.76 Å². The molecule has 0 N–H and O–H groups in total. The van der Waals surface area contributed by atoms with Gasteiger partial charge in [0.05, 0.1) is 47.5 Å². The molecule has 9 nitrogen and oxygen atoms in total. The number of furan rings is 1. The van der Waals surface area contributed by atoms with E-state index in [0.29, 0.717) is 10.9 Å². The summed E-state index contributed by atoms with van der Waals surface area (Å²) < 4.78 is 27.1. The van der Waals surface area contributed by atoms with Crippen molar-refractivity contribution in [3.63, 3.8) is 0 Å². The second kappa shape index (κ2) is 8.70. The Morgan fingerprint density at radius 1 is 1.26 bits per heavy atom. The third-order valence-electron chi connectivity index (χ3n) is 5.51. The van der Waals surface area contributed by atoms with Crippen molar-refractivity contribution in [2.45, 2.75) is 13.0 Å². The number of aryl methyl sites for hydroxylation is 1. The Morgan fingerprint density at radius 2 is 2.09 bits per heavy atom. The highest BCUT2D eigenvalue weighted by molar-refractivity contribution is 6.33. The fourth-order valence-electron chi connectivity index (χ4n) is 3.89. The largest absolute Gasteiger partial charge is 0.494 e. The van der Waals surface area contributed by atoms with E-state index in [0.717, 1.165) is 10.6 Å². The van der Waals surface area contributed by atoms with Gasteiger partial charge in [0.2, 0.25) is 5.58 Å². The molecule has 5 rings (SSSR count). The molecule has 0 spiro atoms. The molecule has 0 unspecified atom stereocenters. The molecule has 35 heavy (non-hydrogen) atoms. The number of hydrogen-bond donors (Lipinski definition) is 0. The van der Waals surface area contributed by atoms with Crippen molar-refractivity contribution in [3.05, 3.63) is 80.6 Å². The molecular formula is C24H15ClFN5O4. The first-order chi connectivity index (χ1) is 16.9. The number of hydrogen-bond acceptors (Lipinski definition) is 7. The fraction of sp³-hybridized carbons (Fsp3) is 0.125. The van der Waals surface area contributed by atoms with Gasteiger partial charge in [-0.05, 0) is 24.3 Å². The van der Waals surface area contributed by atoms with Crippen molar-refractivity contribution in [1.29, 1.82) is 5.26 Å². The normalized spacial score (nSPS) is 11.1. The molecule has 0 atom stereocenters. The summed E-state index contributed by atoms with van der Waals surface area (Å²) in [5.74, 6) is -0.615. The summed E-state index contributed by atoms with van der Waals surface area (Å²) in [5.41, 5.74) is -0.578. The Hall–Kier alpha value is -4.49. The number of rotatable bonds is 5. The minimum absolute atomic E-state index is 0.00280. The summed E-state index contributed by atoms with van der Waals surface area (Å²) in [7, 11) is 1.30. The molecule has 0 bridgehead atoms. The van der Waals surface area contributed by atoms with Gasteiger partial charge in [0, 0.05) is 36.0 Å². The molecule has 1 aromatic carbocycles. The monoisotopic (exact) mass is 491 g/mol. The average Bonchev–Trinajstić information content (AvgIpc) is 3.29. The summed E-state index contributed by atoms with van der Waals surface area (Å²) in [5, 5.41) is 9.79. The van der Waals surface area contributed by atoms with Crippen LogP contribution in [0.15, 0.2) is 62.9 Å². The van der Waals surface area contributed by atoms with E-state index in [1.54, 1.807) is 24.5 Å². The van der Waals surface area contributed by atoms with Crippen molar-refractivity contribution >= 4 is 33.6 Å². The van der Waals surface area contributed by atoms with Crippen LogP contribution in [0, 0.1) is 17.1 Å². The lowest BCUT2D eigenvalue weighted by molar-refractivity contribution is 0.386. The van der Waals surface area contributed by atoms with Gasteiger partial charge in [-0.25, -0.2) is 13.8 Å². The van der Waals surface area contributed by atoms with Crippen molar-refractivity contribution in [3.8, 4) is 28.8 Å². The van der Waals surface area contributed by atoms with Crippen LogP contribution >= 0.6 is 11.6 Å². The zero-order valence-electron chi connectivity index (χ0n) is 18.2. The van der Waals surface area contributed by atoms with Crippen LogP contribution < -0.4 is 16.0 Å². The van der Waals surface area contributed by atoms with Crippen LogP contribution in [0.4, 0.5) is 4.39 Å². The molecule has 0 saturated heterocycles. The van der Waals surface area contributed by atoms with E-state index >= 15 is 0 Å². The molecule has 0 saturated carbocycles. The molecule has 11 heteroatoms. The minimum atomic E-state index is -0.741. The zero-order chi connectivity index (χ0) is 24.7. The first kappa shape index (κ1) is 22.3. The maximum Gasteiger partial charge on any atom is 0.336 e. The zero-order valence-corrected chi connectivity index (χ0v) is 18.9. The van der Waals surface area contributed by atoms with Crippen molar-refractivity contribution in [1.82, 2.24) is 19.1 Å². The molecule has 0 fully saturated rings. The van der Waals surface area contributed by atoms with E-state index < -0.39 is 17.1 Å². The van der Waals surface area contributed by atoms with E-state index in [9.17, 15) is 14.0 Å². The van der Waals surface area contributed by atoms with Gasteiger partial charge >= 0.3 is 11.2 Å². The first-order valence-electron chi connectivity index (χ1n) is 10.3. The molecule has 174 valence electrons. The van der Waals surface area contributed by atoms with Crippen LogP contribution in [0.3, 0.4) is 0 Å². The quantitative estimate of drug-likeness (QED) is 0.364. The SMILES string of the molecule is COc1cc(-c2cc3c(o2)c(=O)n(-c2cncc4cccnc24)c(=O)n3CCC#N)c(Cl)cc1F. The molecule has 5 aromatic rings. The summed E-state index contributed by atoms with van der Waals surface area (Å²) in [4.78, 5) is 35.5. The molecule has 0 aliphatic rings. The number of methoxy groups -OCH3 is 1. The number of halogens is 2. The standard InChI is InChI=1S/C24H15ClFN5O4/c1-34-20-8-14(15(25)9-16(20)26)19-10-17-22(35-19)23(32)31(24(33)30(17)7-3-5-27)18-12-28-11-13-4-2-6-29-21(13)18/h2,4,6,8-12H,3,7H2,1H3. The molecule has 0 radical (unpaired) electrons. The van der Waals surface area contributed by atoms with Gasteiger partial charge in [-0.15, -0.1) is 0 Å². The van der Waals surface area contributed by atoms with Crippen LogP contribution in [0.5, 0.6) is 5.75 Å². The Labute approximate surface area is 201 Å². The highest BCUT2D eigenvalue weighted by Crippen LogP contribution is 2.36. The number of ether oxygens (including phenoxy) is 1. The van der Waals surface area contributed by atoms with Crippen molar-refractivity contribution in [2.75, 3.05) is 7.11 Å². The number of benzene rings is 1. The van der Waals surface area contributed by atoms with E-state index in [1.165, 1.54) is 30.0 Å².